The first-order chi connectivity index (χ1) is 33.4. The third kappa shape index (κ3) is 13.5. The minimum absolute atomic E-state index is 0.0209. The van der Waals surface area contributed by atoms with Crippen molar-refractivity contribution in [2.24, 2.45) is 12.5 Å². The molecule has 1 fully saturated rings. The standard InChI is InChI=1S/C53H74N8O8S/c1-34-47(70-33-56-34)36-20-18-35(19-21-36)28-55-49(64)43-27-38(62)29-61(43)51(66)48(53(2,3)4)57-46(63)17-15-13-11-10-12-14-16-23-54-52(67)60-24-22-39-40(31-59(7)50(65)41(39)32-60)37-25-44(68-8)42(30-58(5)6)45(26-37)69-9/h18-21,25-26,31,33,38,43,48,62H,10-17,22-24,27-30,32H2,1-9H3,(H,54,67)(H,55,64)(H,57,63)/t38-,43+,48?/m1/s1. The highest BCUT2D eigenvalue weighted by atomic mass is 32.1. The molecule has 70 heavy (non-hydrogen) atoms. The summed E-state index contributed by atoms with van der Waals surface area (Å²) in [6.45, 7) is 9.83. The zero-order valence-electron chi connectivity index (χ0n) is 42.6. The number of unbranched alkanes of at least 4 members (excludes halogenated alkanes) is 6. The zero-order chi connectivity index (χ0) is 50.7. The molecule has 17 heteroatoms. The number of likely N-dealkylation sites (tertiary alicyclic amines) is 1. The predicted octanol–water partition coefficient (Wildman–Crippen LogP) is 6.56. The van der Waals surface area contributed by atoms with Crippen LogP contribution in [0.15, 0.2) is 52.9 Å². The van der Waals surface area contributed by atoms with Gasteiger partial charge in [-0.2, -0.15) is 0 Å². The molecule has 2 aliphatic heterocycles. The smallest absolute Gasteiger partial charge is 0.317 e. The molecule has 5 amide bonds. The Hall–Kier alpha value is -5.78. The van der Waals surface area contributed by atoms with E-state index in [4.69, 9.17) is 9.47 Å². The monoisotopic (exact) mass is 983 g/mol. The van der Waals surface area contributed by atoms with E-state index in [1.54, 1.807) is 42.1 Å². The average molecular weight is 983 g/mol. The van der Waals surface area contributed by atoms with Gasteiger partial charge in [-0.25, -0.2) is 9.78 Å². The Kier molecular flexibility index (Phi) is 18.6. The van der Waals surface area contributed by atoms with Crippen LogP contribution in [0.25, 0.3) is 21.6 Å². The number of aryl methyl sites for hydroxylation is 2. The van der Waals surface area contributed by atoms with E-state index in [1.165, 1.54) is 4.90 Å². The lowest BCUT2D eigenvalue weighted by Crippen LogP contribution is -2.57. The van der Waals surface area contributed by atoms with Crippen molar-refractivity contribution in [2.75, 3.05) is 47.9 Å². The van der Waals surface area contributed by atoms with Crippen LogP contribution in [0.1, 0.15) is 107 Å². The summed E-state index contributed by atoms with van der Waals surface area (Å²) in [4.78, 5) is 78.0. The number of aliphatic hydroxyl groups is 1. The van der Waals surface area contributed by atoms with Gasteiger partial charge < -0.3 is 49.8 Å². The number of hydrogen-bond donors (Lipinski definition) is 4. The van der Waals surface area contributed by atoms with Crippen molar-refractivity contribution in [2.45, 2.75) is 130 Å². The molecule has 0 spiro atoms. The van der Waals surface area contributed by atoms with Crippen LogP contribution in [-0.4, -0.2) is 119 Å². The topological polar surface area (TPSA) is 188 Å². The first-order valence-corrected chi connectivity index (χ1v) is 25.5. The highest BCUT2D eigenvalue weighted by Gasteiger charge is 2.44. The van der Waals surface area contributed by atoms with E-state index >= 15 is 0 Å². The molecule has 2 aliphatic rings. The third-order valence-electron chi connectivity index (χ3n) is 13.3. The number of thiazole rings is 1. The van der Waals surface area contributed by atoms with Gasteiger partial charge in [0.25, 0.3) is 5.56 Å². The summed E-state index contributed by atoms with van der Waals surface area (Å²) >= 11 is 1.58. The number of ether oxygens (including phenoxy) is 2. The molecule has 1 saturated heterocycles. The number of methoxy groups -OCH3 is 2. The fraction of sp³-hybridized carbons (Fsp3) is 0.547. The number of amides is 5. The van der Waals surface area contributed by atoms with Gasteiger partial charge in [0.2, 0.25) is 17.7 Å². The normalized spacial score (nSPS) is 16.2. The van der Waals surface area contributed by atoms with Gasteiger partial charge in [0.15, 0.2) is 0 Å². The lowest BCUT2D eigenvalue weighted by atomic mass is 9.85. The number of β-amino-alcohol motifs (C(OH)–C–C–N with tert-alkyl or cyclic N) is 1. The highest BCUT2D eigenvalue weighted by Crippen LogP contribution is 2.38. The molecule has 4 N–H and O–H groups in total. The number of nitrogens with zero attached hydrogens (tertiary/aromatic N) is 5. The van der Waals surface area contributed by atoms with Gasteiger partial charge in [-0.1, -0.05) is 77.1 Å². The van der Waals surface area contributed by atoms with Crippen molar-refractivity contribution in [1.29, 1.82) is 0 Å². The summed E-state index contributed by atoms with van der Waals surface area (Å²) in [5, 5.41) is 19.6. The van der Waals surface area contributed by atoms with E-state index in [9.17, 15) is 29.1 Å². The zero-order valence-corrected chi connectivity index (χ0v) is 43.4. The summed E-state index contributed by atoms with van der Waals surface area (Å²) in [7, 11) is 9.00. The van der Waals surface area contributed by atoms with Crippen LogP contribution in [-0.2, 0) is 47.5 Å². The van der Waals surface area contributed by atoms with Gasteiger partial charge in [0.1, 0.15) is 23.6 Å². The average Bonchev–Trinajstić information content (AvgIpc) is 3.95. The van der Waals surface area contributed by atoms with Crippen LogP contribution in [0.4, 0.5) is 4.79 Å². The maximum absolute atomic E-state index is 14.0. The van der Waals surface area contributed by atoms with Crippen molar-refractivity contribution in [3.05, 3.63) is 86.4 Å². The molecule has 0 bridgehead atoms. The number of rotatable bonds is 21. The Morgan fingerprint density at radius 3 is 2.20 bits per heavy atom. The number of hydrogen-bond acceptors (Lipinski definition) is 11. The number of carbonyl (C=O) groups excluding carboxylic acids is 4. The summed E-state index contributed by atoms with van der Waals surface area (Å²) in [6, 6.07) is 10.0. The van der Waals surface area contributed by atoms with Crippen LogP contribution in [0.5, 0.6) is 11.5 Å². The second-order valence-corrected chi connectivity index (χ2v) is 20.9. The molecule has 0 saturated carbocycles. The van der Waals surface area contributed by atoms with E-state index < -0.39 is 23.6 Å². The van der Waals surface area contributed by atoms with Crippen LogP contribution in [0.3, 0.4) is 0 Å². The summed E-state index contributed by atoms with van der Waals surface area (Å²) in [5.74, 6) is 0.487. The Morgan fingerprint density at radius 2 is 1.59 bits per heavy atom. The molecule has 4 heterocycles. The fourth-order valence-electron chi connectivity index (χ4n) is 9.45. The Labute approximate surface area is 417 Å². The van der Waals surface area contributed by atoms with Crippen molar-refractivity contribution < 1.29 is 33.8 Å². The van der Waals surface area contributed by atoms with E-state index in [-0.39, 0.29) is 61.8 Å². The number of pyridine rings is 1. The van der Waals surface area contributed by atoms with Gasteiger partial charge in [-0.3, -0.25) is 19.2 Å². The minimum atomic E-state index is -0.869. The lowest BCUT2D eigenvalue weighted by molar-refractivity contribution is -0.144. The van der Waals surface area contributed by atoms with Crippen molar-refractivity contribution in [3.8, 4) is 33.1 Å². The largest absolute Gasteiger partial charge is 0.496 e. The van der Waals surface area contributed by atoms with Crippen LogP contribution < -0.4 is 31.0 Å². The van der Waals surface area contributed by atoms with Crippen molar-refractivity contribution >= 4 is 35.1 Å². The number of aromatic nitrogens is 2. The molecule has 2 aromatic carbocycles. The molecule has 2 aromatic heterocycles. The maximum atomic E-state index is 14.0. The quantitative estimate of drug-likeness (QED) is 0.0667. The second-order valence-electron chi connectivity index (χ2n) is 20.1. The summed E-state index contributed by atoms with van der Waals surface area (Å²) < 4.78 is 13.1. The number of nitrogens with one attached hydrogen (secondary N) is 3. The number of benzene rings is 2. The molecule has 4 aromatic rings. The molecule has 16 nitrogen and oxygen atoms in total. The van der Waals surface area contributed by atoms with Gasteiger partial charge in [-0.15, -0.1) is 11.3 Å². The first kappa shape index (κ1) is 53.6. The highest BCUT2D eigenvalue weighted by molar-refractivity contribution is 7.13. The molecule has 0 radical (unpaired) electrons. The van der Waals surface area contributed by atoms with Gasteiger partial charge in [0, 0.05) is 69.9 Å². The third-order valence-corrected chi connectivity index (χ3v) is 14.3. The molecular formula is C53H74N8O8S. The number of fused-ring (bicyclic) bond motifs is 1. The predicted molar refractivity (Wildman–Crippen MR) is 274 cm³/mol. The maximum Gasteiger partial charge on any atom is 0.317 e. The Morgan fingerprint density at radius 1 is 0.929 bits per heavy atom. The second kappa shape index (κ2) is 24.4. The van der Waals surface area contributed by atoms with Crippen LogP contribution in [0, 0.1) is 12.3 Å². The summed E-state index contributed by atoms with van der Waals surface area (Å²) in [5.41, 5.74) is 8.32. The fourth-order valence-corrected chi connectivity index (χ4v) is 10.3. The molecule has 1 unspecified atom stereocenters. The van der Waals surface area contributed by atoms with Gasteiger partial charge in [-0.05, 0) is 80.1 Å². The van der Waals surface area contributed by atoms with E-state index in [0.717, 1.165) is 82.5 Å². The number of aliphatic hydroxyl groups excluding tert-OH is 1. The van der Waals surface area contributed by atoms with E-state index in [0.29, 0.717) is 49.5 Å². The van der Waals surface area contributed by atoms with Crippen LogP contribution >= 0.6 is 11.3 Å². The van der Waals surface area contributed by atoms with Crippen molar-refractivity contribution in [3.63, 3.8) is 0 Å². The van der Waals surface area contributed by atoms with Gasteiger partial charge >= 0.3 is 6.03 Å². The molecule has 6 rings (SSSR count). The van der Waals surface area contributed by atoms with Gasteiger partial charge in [0.05, 0.1) is 48.5 Å². The molecule has 380 valence electrons. The number of urea groups is 1. The molecule has 3 atom stereocenters. The SMILES string of the molecule is COc1cc(-c2cn(C)c(=O)c3c2CCN(C(=O)NCCCCCCCCCC(=O)NC(C(=O)N2C[C@H](O)C[C@H]2C(=O)NCc2ccc(-c4scnc4C)cc2)C(C)(C)C)C3)cc(OC)c1CN(C)C. The number of carbonyl (C=O) groups is 4. The Balaban J connectivity index is 0.891. The first-order valence-electron chi connectivity index (χ1n) is 24.6. The minimum Gasteiger partial charge on any atom is -0.496 e. The lowest BCUT2D eigenvalue weighted by Gasteiger charge is -2.35. The van der Waals surface area contributed by atoms with E-state index in [1.807, 2.05) is 89.9 Å². The van der Waals surface area contributed by atoms with Crippen LogP contribution in [0.2, 0.25) is 0 Å². The molecule has 0 aliphatic carbocycles. The molecular weight excluding hydrogens is 909 g/mol. The Bertz CT molecular complexity index is 2490. The van der Waals surface area contributed by atoms with E-state index in [2.05, 4.69) is 25.8 Å². The summed E-state index contributed by atoms with van der Waals surface area (Å²) in [6.07, 6.45) is 8.27. The van der Waals surface area contributed by atoms with Crippen molar-refractivity contribution in [1.82, 2.24) is 40.2 Å².